The third-order valence-corrected chi connectivity index (χ3v) is 5.06. The molecule has 1 aliphatic heterocycles. The minimum absolute atomic E-state index is 0.0385. The number of ether oxygens (including phenoxy) is 1. The lowest BCUT2D eigenvalue weighted by Crippen LogP contribution is -2.41. The highest BCUT2D eigenvalue weighted by atomic mass is 16.5. The molecule has 0 bridgehead atoms. The van der Waals surface area contributed by atoms with Crippen molar-refractivity contribution in [3.05, 3.63) is 60.2 Å². The fraction of sp³-hybridized carbons (Fsp3) is 0.364. The number of piperidine rings is 1. The maximum Gasteiger partial charge on any atom is 0.227 e. The van der Waals surface area contributed by atoms with E-state index in [0.29, 0.717) is 38.8 Å². The van der Waals surface area contributed by atoms with E-state index < -0.39 is 0 Å². The van der Waals surface area contributed by atoms with Gasteiger partial charge in [-0.1, -0.05) is 36.4 Å². The van der Waals surface area contributed by atoms with Gasteiger partial charge in [0.15, 0.2) is 0 Å². The molecule has 0 aromatic heterocycles. The van der Waals surface area contributed by atoms with Gasteiger partial charge in [0, 0.05) is 31.1 Å². The molecule has 1 saturated heterocycles. The molecule has 0 saturated carbocycles. The van der Waals surface area contributed by atoms with E-state index in [0.717, 1.165) is 17.0 Å². The first-order valence-corrected chi connectivity index (χ1v) is 9.43. The van der Waals surface area contributed by atoms with Crippen LogP contribution in [-0.2, 0) is 16.0 Å². The number of hydrogen-bond acceptors (Lipinski definition) is 3. The van der Waals surface area contributed by atoms with E-state index in [9.17, 15) is 9.59 Å². The molecule has 1 fully saturated rings. The van der Waals surface area contributed by atoms with Crippen LogP contribution >= 0.6 is 0 Å². The molecular formula is C22H26N2O3. The highest BCUT2D eigenvalue weighted by molar-refractivity contribution is 5.92. The summed E-state index contributed by atoms with van der Waals surface area (Å²) >= 11 is 0. The van der Waals surface area contributed by atoms with Gasteiger partial charge >= 0.3 is 0 Å². The highest BCUT2D eigenvalue weighted by Crippen LogP contribution is 2.22. The van der Waals surface area contributed by atoms with Gasteiger partial charge in [-0.2, -0.15) is 0 Å². The zero-order chi connectivity index (χ0) is 19.1. The van der Waals surface area contributed by atoms with Crippen LogP contribution in [0.3, 0.4) is 0 Å². The first-order chi connectivity index (χ1) is 13.2. The van der Waals surface area contributed by atoms with Crippen LogP contribution < -0.4 is 10.1 Å². The number of rotatable bonds is 6. The number of carbonyl (C=O) groups excluding carboxylic acids is 2. The molecule has 142 valence electrons. The van der Waals surface area contributed by atoms with Crippen molar-refractivity contribution in [2.45, 2.75) is 25.7 Å². The van der Waals surface area contributed by atoms with Crippen LogP contribution in [-0.4, -0.2) is 36.9 Å². The van der Waals surface area contributed by atoms with E-state index in [2.05, 4.69) is 5.32 Å². The summed E-state index contributed by atoms with van der Waals surface area (Å²) in [4.78, 5) is 26.8. The molecule has 2 aromatic carbocycles. The third kappa shape index (κ3) is 5.09. The summed E-state index contributed by atoms with van der Waals surface area (Å²) in [6.45, 7) is 1.27. The second-order valence-electron chi connectivity index (χ2n) is 6.82. The summed E-state index contributed by atoms with van der Waals surface area (Å²) < 4.78 is 5.34. The second kappa shape index (κ2) is 9.21. The first-order valence-electron chi connectivity index (χ1n) is 9.43. The van der Waals surface area contributed by atoms with E-state index in [1.807, 2.05) is 59.5 Å². The van der Waals surface area contributed by atoms with Crippen molar-refractivity contribution in [2.75, 3.05) is 25.5 Å². The number of likely N-dealkylation sites (tertiary alicyclic amines) is 1. The van der Waals surface area contributed by atoms with Gasteiger partial charge in [-0.05, 0) is 43.0 Å². The maximum atomic E-state index is 12.5. The molecule has 0 aliphatic carbocycles. The number of nitrogens with one attached hydrogen (secondary N) is 1. The fourth-order valence-electron chi connectivity index (χ4n) is 3.47. The number of para-hydroxylation sites is 2. The summed E-state index contributed by atoms with van der Waals surface area (Å²) in [5.41, 5.74) is 1.86. The largest absolute Gasteiger partial charge is 0.496 e. The van der Waals surface area contributed by atoms with Gasteiger partial charge in [-0.3, -0.25) is 9.59 Å². The molecule has 0 spiro atoms. The number of benzene rings is 2. The number of carbonyl (C=O) groups is 2. The molecular weight excluding hydrogens is 340 g/mol. The standard InChI is InChI=1S/C22H26N2O3/c1-27-20-10-6-5-7-17(20)11-12-21(25)24-15-13-18(14-16-24)22(26)23-19-8-3-2-4-9-19/h2-10,18H,11-16H2,1H3,(H,23,26). The minimum atomic E-state index is -0.0385. The van der Waals surface area contributed by atoms with Crippen LogP contribution in [0.25, 0.3) is 0 Å². The number of nitrogens with zero attached hydrogens (tertiary/aromatic N) is 1. The van der Waals surface area contributed by atoms with Crippen molar-refractivity contribution >= 4 is 17.5 Å². The number of anilines is 1. The minimum Gasteiger partial charge on any atom is -0.496 e. The molecule has 1 heterocycles. The van der Waals surface area contributed by atoms with Crippen LogP contribution in [0.2, 0.25) is 0 Å². The second-order valence-corrected chi connectivity index (χ2v) is 6.82. The van der Waals surface area contributed by atoms with Gasteiger partial charge in [0.25, 0.3) is 0 Å². The van der Waals surface area contributed by atoms with Crippen molar-refractivity contribution in [1.82, 2.24) is 4.90 Å². The molecule has 2 amide bonds. The Balaban J connectivity index is 1.45. The Labute approximate surface area is 160 Å². The topological polar surface area (TPSA) is 58.6 Å². The van der Waals surface area contributed by atoms with Gasteiger partial charge in [0.2, 0.25) is 11.8 Å². The molecule has 0 radical (unpaired) electrons. The Morgan fingerprint density at radius 2 is 1.70 bits per heavy atom. The molecule has 5 heteroatoms. The normalized spacial score (nSPS) is 14.6. The van der Waals surface area contributed by atoms with Crippen molar-refractivity contribution in [1.29, 1.82) is 0 Å². The fourth-order valence-corrected chi connectivity index (χ4v) is 3.47. The van der Waals surface area contributed by atoms with Crippen LogP contribution in [0.4, 0.5) is 5.69 Å². The maximum absolute atomic E-state index is 12.5. The lowest BCUT2D eigenvalue weighted by molar-refractivity contribution is -0.134. The number of hydrogen-bond donors (Lipinski definition) is 1. The van der Waals surface area contributed by atoms with E-state index in [1.54, 1.807) is 7.11 Å². The van der Waals surface area contributed by atoms with Crippen molar-refractivity contribution in [3.8, 4) is 5.75 Å². The summed E-state index contributed by atoms with van der Waals surface area (Å²) in [5.74, 6) is 0.968. The molecule has 27 heavy (non-hydrogen) atoms. The summed E-state index contributed by atoms with van der Waals surface area (Å²) in [7, 11) is 1.64. The quantitative estimate of drug-likeness (QED) is 0.851. The predicted octanol–water partition coefficient (Wildman–Crippen LogP) is 3.51. The van der Waals surface area contributed by atoms with Gasteiger partial charge in [-0.15, -0.1) is 0 Å². The van der Waals surface area contributed by atoms with E-state index in [1.165, 1.54) is 0 Å². The van der Waals surface area contributed by atoms with Crippen LogP contribution in [0.5, 0.6) is 5.75 Å². The lowest BCUT2D eigenvalue weighted by atomic mass is 9.95. The Morgan fingerprint density at radius 1 is 1.04 bits per heavy atom. The van der Waals surface area contributed by atoms with E-state index >= 15 is 0 Å². The molecule has 1 aliphatic rings. The summed E-state index contributed by atoms with van der Waals surface area (Å²) in [6.07, 6.45) is 2.54. The monoisotopic (exact) mass is 366 g/mol. The molecule has 0 unspecified atom stereocenters. The summed E-state index contributed by atoms with van der Waals surface area (Å²) in [5, 5.41) is 2.96. The highest BCUT2D eigenvalue weighted by Gasteiger charge is 2.27. The average Bonchev–Trinajstić information content (AvgIpc) is 2.73. The van der Waals surface area contributed by atoms with Crippen LogP contribution in [0, 0.1) is 5.92 Å². The molecule has 5 nitrogen and oxygen atoms in total. The number of amides is 2. The van der Waals surface area contributed by atoms with Gasteiger partial charge in [0.1, 0.15) is 5.75 Å². The average molecular weight is 366 g/mol. The smallest absolute Gasteiger partial charge is 0.227 e. The number of methoxy groups -OCH3 is 1. The Kier molecular flexibility index (Phi) is 6.47. The van der Waals surface area contributed by atoms with E-state index in [-0.39, 0.29) is 17.7 Å². The molecule has 3 rings (SSSR count). The third-order valence-electron chi connectivity index (χ3n) is 5.06. The van der Waals surface area contributed by atoms with Gasteiger partial charge in [0.05, 0.1) is 7.11 Å². The molecule has 0 atom stereocenters. The van der Waals surface area contributed by atoms with Gasteiger partial charge in [-0.25, -0.2) is 0 Å². The zero-order valence-electron chi connectivity index (χ0n) is 15.7. The van der Waals surface area contributed by atoms with Crippen molar-refractivity contribution in [3.63, 3.8) is 0 Å². The van der Waals surface area contributed by atoms with Crippen LogP contribution in [0.15, 0.2) is 54.6 Å². The predicted molar refractivity (Wildman–Crippen MR) is 106 cm³/mol. The van der Waals surface area contributed by atoms with Crippen molar-refractivity contribution in [2.24, 2.45) is 5.92 Å². The SMILES string of the molecule is COc1ccccc1CCC(=O)N1CCC(C(=O)Nc2ccccc2)CC1. The Bertz CT molecular complexity index is 768. The number of aryl methyl sites for hydroxylation is 1. The van der Waals surface area contributed by atoms with E-state index in [4.69, 9.17) is 4.74 Å². The Hall–Kier alpha value is -2.82. The van der Waals surface area contributed by atoms with Gasteiger partial charge < -0.3 is 15.0 Å². The molecule has 1 N–H and O–H groups in total. The Morgan fingerprint density at radius 3 is 2.41 bits per heavy atom. The van der Waals surface area contributed by atoms with Crippen LogP contribution in [0.1, 0.15) is 24.8 Å². The molecule has 2 aromatic rings. The summed E-state index contributed by atoms with van der Waals surface area (Å²) in [6, 6.07) is 17.3. The lowest BCUT2D eigenvalue weighted by Gasteiger charge is -2.31. The van der Waals surface area contributed by atoms with Crippen molar-refractivity contribution < 1.29 is 14.3 Å². The zero-order valence-corrected chi connectivity index (χ0v) is 15.7. The first kappa shape index (κ1) is 19.0.